The lowest BCUT2D eigenvalue weighted by atomic mass is 10.4. The minimum atomic E-state index is -3.57. The summed E-state index contributed by atoms with van der Waals surface area (Å²) >= 11 is 9.00. The van der Waals surface area contributed by atoms with E-state index in [4.69, 9.17) is 16.0 Å². The zero-order valence-electron chi connectivity index (χ0n) is 9.06. The number of hydrogen-bond donors (Lipinski definition) is 1. The molecule has 0 saturated carbocycles. The predicted molar refractivity (Wildman–Crippen MR) is 71.9 cm³/mol. The maximum absolute atomic E-state index is 12.0. The van der Waals surface area contributed by atoms with Crippen molar-refractivity contribution in [1.29, 1.82) is 0 Å². The van der Waals surface area contributed by atoms with Gasteiger partial charge in [0.05, 0.1) is 22.7 Å². The van der Waals surface area contributed by atoms with Gasteiger partial charge in [0.15, 0.2) is 0 Å². The van der Waals surface area contributed by atoms with Crippen molar-refractivity contribution in [1.82, 2.24) is 4.72 Å². The fourth-order valence-electron chi connectivity index (χ4n) is 1.31. The summed E-state index contributed by atoms with van der Waals surface area (Å²) in [6, 6.07) is 7.81. The normalized spacial score (nSPS) is 11.7. The Hall–Kier alpha value is -0.820. The highest BCUT2D eigenvalue weighted by atomic mass is 79.9. The Kier molecular flexibility index (Phi) is 4.11. The van der Waals surface area contributed by atoms with Crippen LogP contribution < -0.4 is 4.72 Å². The predicted octanol–water partition coefficient (Wildman–Crippen LogP) is 3.17. The second-order valence-corrected chi connectivity index (χ2v) is 6.51. The molecule has 2 rings (SSSR count). The van der Waals surface area contributed by atoms with E-state index in [2.05, 4.69) is 20.7 Å². The van der Waals surface area contributed by atoms with Crippen molar-refractivity contribution >= 4 is 37.6 Å². The van der Waals surface area contributed by atoms with Crippen LogP contribution in [0.4, 0.5) is 0 Å². The molecule has 0 spiro atoms. The van der Waals surface area contributed by atoms with Crippen molar-refractivity contribution in [3.63, 3.8) is 0 Å². The second kappa shape index (κ2) is 5.44. The fourth-order valence-corrected chi connectivity index (χ4v) is 2.97. The molecule has 2 aromatic rings. The van der Waals surface area contributed by atoms with E-state index in [0.29, 0.717) is 15.3 Å². The molecule has 96 valence electrons. The number of rotatable bonds is 4. The molecule has 0 atom stereocenters. The monoisotopic (exact) mass is 349 g/mol. The summed E-state index contributed by atoms with van der Waals surface area (Å²) in [4.78, 5) is 0.144. The van der Waals surface area contributed by atoms with E-state index in [1.165, 1.54) is 24.5 Å². The van der Waals surface area contributed by atoms with Gasteiger partial charge in [0.25, 0.3) is 0 Å². The van der Waals surface area contributed by atoms with Gasteiger partial charge in [0.1, 0.15) is 5.76 Å². The Balaban J connectivity index is 2.17. The van der Waals surface area contributed by atoms with E-state index in [1.807, 2.05) is 0 Å². The molecule has 1 N–H and O–H groups in total. The minimum Gasteiger partial charge on any atom is -0.468 e. The standard InChI is InChI=1S/C11H9BrClNO3S/c12-10-6-9(3-4-11(10)13)18(15,16)14-7-8-2-1-5-17-8/h1-6,14H,7H2. The van der Waals surface area contributed by atoms with Crippen molar-refractivity contribution in [3.05, 3.63) is 51.9 Å². The highest BCUT2D eigenvalue weighted by molar-refractivity contribution is 9.10. The molecule has 1 aromatic carbocycles. The third kappa shape index (κ3) is 3.14. The second-order valence-electron chi connectivity index (χ2n) is 3.48. The van der Waals surface area contributed by atoms with Gasteiger partial charge < -0.3 is 4.42 Å². The van der Waals surface area contributed by atoms with Crippen LogP contribution in [-0.4, -0.2) is 8.42 Å². The first kappa shape index (κ1) is 13.6. The maximum Gasteiger partial charge on any atom is 0.241 e. The van der Waals surface area contributed by atoms with E-state index in [-0.39, 0.29) is 11.4 Å². The highest BCUT2D eigenvalue weighted by Gasteiger charge is 2.15. The lowest BCUT2D eigenvalue weighted by Gasteiger charge is -2.06. The van der Waals surface area contributed by atoms with Crippen LogP contribution in [0, 0.1) is 0 Å². The molecule has 0 aliphatic heterocycles. The number of benzene rings is 1. The van der Waals surface area contributed by atoms with Crippen molar-refractivity contribution in [2.75, 3.05) is 0 Å². The topological polar surface area (TPSA) is 59.3 Å². The molecular formula is C11H9BrClNO3S. The molecule has 7 heteroatoms. The SMILES string of the molecule is O=S(=O)(NCc1ccco1)c1ccc(Cl)c(Br)c1. The summed E-state index contributed by atoms with van der Waals surface area (Å²) in [5.41, 5.74) is 0. The smallest absolute Gasteiger partial charge is 0.241 e. The van der Waals surface area contributed by atoms with Gasteiger partial charge in [-0.25, -0.2) is 13.1 Å². The van der Waals surface area contributed by atoms with Gasteiger partial charge in [-0.05, 0) is 46.3 Å². The van der Waals surface area contributed by atoms with Crippen molar-refractivity contribution in [3.8, 4) is 0 Å². The zero-order valence-corrected chi connectivity index (χ0v) is 12.2. The van der Waals surface area contributed by atoms with Crippen LogP contribution in [0.3, 0.4) is 0 Å². The lowest BCUT2D eigenvalue weighted by molar-refractivity contribution is 0.498. The summed E-state index contributed by atoms with van der Waals surface area (Å²) in [7, 11) is -3.57. The molecule has 0 unspecified atom stereocenters. The lowest BCUT2D eigenvalue weighted by Crippen LogP contribution is -2.22. The van der Waals surface area contributed by atoms with Crippen LogP contribution in [0.1, 0.15) is 5.76 Å². The molecule has 18 heavy (non-hydrogen) atoms. The van der Waals surface area contributed by atoms with Gasteiger partial charge in [0, 0.05) is 4.47 Å². The average Bonchev–Trinajstić information content (AvgIpc) is 2.83. The molecule has 0 aliphatic rings. The van der Waals surface area contributed by atoms with Crippen LogP contribution in [0.25, 0.3) is 0 Å². The number of sulfonamides is 1. The molecule has 0 radical (unpaired) electrons. The first-order valence-corrected chi connectivity index (χ1v) is 7.61. The van der Waals surface area contributed by atoms with Gasteiger partial charge in [0.2, 0.25) is 10.0 Å². The van der Waals surface area contributed by atoms with Crippen molar-refractivity contribution in [2.45, 2.75) is 11.4 Å². The maximum atomic E-state index is 12.0. The molecule has 0 amide bonds. The van der Waals surface area contributed by atoms with Gasteiger partial charge in [-0.1, -0.05) is 11.6 Å². The van der Waals surface area contributed by atoms with Crippen molar-refractivity contribution < 1.29 is 12.8 Å². The molecule has 4 nitrogen and oxygen atoms in total. The van der Waals surface area contributed by atoms with Crippen molar-refractivity contribution in [2.24, 2.45) is 0 Å². The van der Waals surface area contributed by atoms with Crippen LogP contribution in [0.15, 0.2) is 50.4 Å². The van der Waals surface area contributed by atoms with Crippen LogP contribution in [-0.2, 0) is 16.6 Å². The molecule has 1 aromatic heterocycles. The Morgan fingerprint density at radius 2 is 2.11 bits per heavy atom. The summed E-state index contributed by atoms with van der Waals surface area (Å²) in [5.74, 6) is 0.548. The van der Waals surface area contributed by atoms with Gasteiger partial charge in [-0.3, -0.25) is 0 Å². The van der Waals surface area contributed by atoms with E-state index >= 15 is 0 Å². The molecule has 0 bridgehead atoms. The molecule has 1 heterocycles. The Bertz CT molecular complexity index is 640. The van der Waals surface area contributed by atoms with Gasteiger partial charge in [-0.15, -0.1) is 0 Å². The molecule has 0 fully saturated rings. The minimum absolute atomic E-state index is 0.107. The van der Waals surface area contributed by atoms with E-state index < -0.39 is 10.0 Å². The summed E-state index contributed by atoms with van der Waals surface area (Å²) in [6.45, 7) is 0.107. The van der Waals surface area contributed by atoms with E-state index in [1.54, 1.807) is 12.1 Å². The molecular weight excluding hydrogens is 342 g/mol. The quantitative estimate of drug-likeness (QED) is 0.921. The van der Waals surface area contributed by atoms with E-state index in [0.717, 1.165) is 0 Å². The van der Waals surface area contributed by atoms with Crippen LogP contribution in [0.2, 0.25) is 5.02 Å². The largest absolute Gasteiger partial charge is 0.468 e. The summed E-state index contributed by atoms with van der Waals surface area (Å²) in [6.07, 6.45) is 1.49. The zero-order chi connectivity index (χ0) is 13.2. The fraction of sp³-hybridized carbons (Fsp3) is 0.0909. The molecule has 0 saturated heterocycles. The summed E-state index contributed by atoms with van der Waals surface area (Å²) < 4.78 is 32.0. The van der Waals surface area contributed by atoms with Gasteiger partial charge >= 0.3 is 0 Å². The highest BCUT2D eigenvalue weighted by Crippen LogP contribution is 2.25. The first-order chi connectivity index (χ1) is 8.49. The summed E-state index contributed by atoms with van der Waals surface area (Å²) in [5, 5.41) is 0.458. The number of hydrogen-bond acceptors (Lipinski definition) is 3. The van der Waals surface area contributed by atoms with E-state index in [9.17, 15) is 8.42 Å². The Labute approximate surface area is 118 Å². The third-order valence-electron chi connectivity index (χ3n) is 2.22. The average molecular weight is 351 g/mol. The van der Waals surface area contributed by atoms with Crippen LogP contribution >= 0.6 is 27.5 Å². The Morgan fingerprint density at radius 3 is 2.72 bits per heavy atom. The van der Waals surface area contributed by atoms with Crippen LogP contribution in [0.5, 0.6) is 0 Å². The molecule has 0 aliphatic carbocycles. The first-order valence-electron chi connectivity index (χ1n) is 4.96. The van der Waals surface area contributed by atoms with Gasteiger partial charge in [-0.2, -0.15) is 0 Å². The number of halogens is 2. The Morgan fingerprint density at radius 1 is 1.33 bits per heavy atom. The third-order valence-corrected chi connectivity index (χ3v) is 4.83. The number of nitrogens with one attached hydrogen (secondary N) is 1. The number of furan rings is 1.